The average molecular weight is 427 g/mol. The van der Waals surface area contributed by atoms with Crippen LogP contribution >= 0.6 is 27.7 Å². The quantitative estimate of drug-likeness (QED) is 0.685. The first-order valence-electron chi connectivity index (χ1n) is 7.50. The van der Waals surface area contributed by atoms with Crippen LogP contribution in [-0.2, 0) is 15.1 Å². The highest BCUT2D eigenvalue weighted by atomic mass is 79.9. The molecule has 1 aromatic heterocycles. The number of thioether (sulfide) groups is 1. The molecule has 2 amide bonds. The summed E-state index contributed by atoms with van der Waals surface area (Å²) in [5.41, 5.74) is 0.381. The molecular weight excluding hydrogens is 408 g/mol. The fourth-order valence-electron chi connectivity index (χ4n) is 1.81. The Labute approximate surface area is 158 Å². The number of nitrogens with one attached hydrogen (secondary N) is 2. The lowest BCUT2D eigenvalue weighted by atomic mass is 10.1. The first-order valence-corrected chi connectivity index (χ1v) is 9.28. The van der Waals surface area contributed by atoms with Crippen molar-refractivity contribution in [1.82, 2.24) is 25.5 Å². The zero-order chi connectivity index (χ0) is 18.4. The minimum absolute atomic E-state index is 0.106. The third kappa shape index (κ3) is 5.82. The van der Waals surface area contributed by atoms with Gasteiger partial charge in [0, 0.05) is 4.47 Å². The third-order valence-electron chi connectivity index (χ3n) is 3.00. The first-order chi connectivity index (χ1) is 11.8. The lowest BCUT2D eigenvalue weighted by molar-refractivity contribution is -0.122. The topological polar surface area (TPSA) is 102 Å². The summed E-state index contributed by atoms with van der Waals surface area (Å²) < 4.78 is 2.43. The van der Waals surface area contributed by atoms with E-state index in [4.69, 9.17) is 0 Å². The Morgan fingerprint density at radius 2 is 1.96 bits per heavy atom. The standard InChI is InChI=1S/C15H19BrN6O2S/c1-15(2,3)22-14(19-20-21-22)25-9-13(24)17-8-12(23)18-11-7-5-4-6-10(11)16/h4-7H,8-9H2,1-3H3,(H,17,24)(H,18,23). The summed E-state index contributed by atoms with van der Waals surface area (Å²) in [7, 11) is 0. The number of aromatic nitrogens is 4. The highest BCUT2D eigenvalue weighted by Crippen LogP contribution is 2.21. The van der Waals surface area contributed by atoms with Crippen molar-refractivity contribution in [2.45, 2.75) is 31.5 Å². The lowest BCUT2D eigenvalue weighted by Crippen LogP contribution is -2.34. The Balaban J connectivity index is 1.79. The van der Waals surface area contributed by atoms with Crippen molar-refractivity contribution < 1.29 is 9.59 Å². The molecule has 0 atom stereocenters. The van der Waals surface area contributed by atoms with E-state index in [-0.39, 0.29) is 29.7 Å². The molecule has 0 spiro atoms. The lowest BCUT2D eigenvalue weighted by Gasteiger charge is -2.19. The van der Waals surface area contributed by atoms with Gasteiger partial charge in [0.25, 0.3) is 0 Å². The van der Waals surface area contributed by atoms with E-state index < -0.39 is 0 Å². The number of halogens is 1. The molecule has 2 N–H and O–H groups in total. The summed E-state index contributed by atoms with van der Waals surface area (Å²) in [5.74, 6) is -0.445. The van der Waals surface area contributed by atoms with Crippen molar-refractivity contribution in [2.24, 2.45) is 0 Å². The van der Waals surface area contributed by atoms with Crippen LogP contribution in [0, 0.1) is 0 Å². The molecule has 0 fully saturated rings. The average Bonchev–Trinajstić information content (AvgIpc) is 3.02. The van der Waals surface area contributed by atoms with Gasteiger partial charge in [-0.05, 0) is 59.3 Å². The Morgan fingerprint density at radius 1 is 1.24 bits per heavy atom. The molecule has 0 aliphatic rings. The second-order valence-corrected chi connectivity index (χ2v) is 7.93. The van der Waals surface area contributed by atoms with Gasteiger partial charge in [0.2, 0.25) is 17.0 Å². The highest BCUT2D eigenvalue weighted by Gasteiger charge is 2.20. The van der Waals surface area contributed by atoms with Crippen LogP contribution in [0.5, 0.6) is 0 Å². The van der Waals surface area contributed by atoms with Crippen molar-refractivity contribution in [1.29, 1.82) is 0 Å². The number of amides is 2. The SMILES string of the molecule is CC(C)(C)n1nnnc1SCC(=O)NCC(=O)Nc1ccccc1Br. The zero-order valence-electron chi connectivity index (χ0n) is 14.1. The van der Waals surface area contributed by atoms with Gasteiger partial charge in [-0.25, -0.2) is 4.68 Å². The van der Waals surface area contributed by atoms with Crippen molar-refractivity contribution in [3.8, 4) is 0 Å². The van der Waals surface area contributed by atoms with E-state index in [9.17, 15) is 9.59 Å². The molecule has 134 valence electrons. The Morgan fingerprint density at radius 3 is 2.64 bits per heavy atom. The number of benzene rings is 1. The molecule has 0 aliphatic heterocycles. The molecule has 0 radical (unpaired) electrons. The maximum Gasteiger partial charge on any atom is 0.243 e. The number of nitrogens with zero attached hydrogens (tertiary/aromatic N) is 4. The van der Waals surface area contributed by atoms with E-state index in [1.165, 1.54) is 11.8 Å². The normalized spacial score (nSPS) is 11.2. The van der Waals surface area contributed by atoms with E-state index in [0.717, 1.165) is 4.47 Å². The fourth-order valence-corrected chi connectivity index (χ4v) is 3.08. The van der Waals surface area contributed by atoms with Gasteiger partial charge >= 0.3 is 0 Å². The molecule has 0 aliphatic carbocycles. The van der Waals surface area contributed by atoms with Crippen LogP contribution in [0.3, 0.4) is 0 Å². The van der Waals surface area contributed by atoms with Crippen molar-refractivity contribution in [2.75, 3.05) is 17.6 Å². The van der Waals surface area contributed by atoms with E-state index in [0.29, 0.717) is 10.8 Å². The molecule has 1 aromatic carbocycles. The maximum atomic E-state index is 11.9. The Hall–Kier alpha value is -1.94. The summed E-state index contributed by atoms with van der Waals surface area (Å²) in [6, 6.07) is 7.26. The summed E-state index contributed by atoms with van der Waals surface area (Å²) >= 11 is 4.57. The van der Waals surface area contributed by atoms with Gasteiger partial charge in [0.1, 0.15) is 0 Å². The summed E-state index contributed by atoms with van der Waals surface area (Å²) in [6.07, 6.45) is 0. The Kier molecular flexibility index (Phi) is 6.54. The van der Waals surface area contributed by atoms with Crippen LogP contribution in [0.2, 0.25) is 0 Å². The molecule has 1 heterocycles. The van der Waals surface area contributed by atoms with Crippen molar-refractivity contribution in [3.63, 3.8) is 0 Å². The zero-order valence-corrected chi connectivity index (χ0v) is 16.5. The summed E-state index contributed by atoms with van der Waals surface area (Å²) in [5, 5.41) is 17.3. The van der Waals surface area contributed by atoms with Gasteiger partial charge in [0.15, 0.2) is 0 Å². The summed E-state index contributed by atoms with van der Waals surface area (Å²) in [6.45, 7) is 5.81. The van der Waals surface area contributed by atoms with Gasteiger partial charge < -0.3 is 10.6 Å². The second kappa shape index (κ2) is 8.43. The molecule has 8 nitrogen and oxygen atoms in total. The number of tetrazole rings is 1. The fraction of sp³-hybridized carbons (Fsp3) is 0.400. The molecule has 2 rings (SSSR count). The molecule has 0 unspecified atom stereocenters. The van der Waals surface area contributed by atoms with Gasteiger partial charge in [-0.15, -0.1) is 5.10 Å². The van der Waals surface area contributed by atoms with Crippen molar-refractivity contribution in [3.05, 3.63) is 28.7 Å². The van der Waals surface area contributed by atoms with Crippen LogP contribution in [0.25, 0.3) is 0 Å². The smallest absolute Gasteiger partial charge is 0.243 e. The number of hydrogen-bond acceptors (Lipinski definition) is 6. The molecule has 25 heavy (non-hydrogen) atoms. The minimum atomic E-state index is -0.301. The summed E-state index contributed by atoms with van der Waals surface area (Å²) in [4.78, 5) is 23.8. The minimum Gasteiger partial charge on any atom is -0.346 e. The third-order valence-corrected chi connectivity index (χ3v) is 4.61. The Bertz CT molecular complexity index is 758. The van der Waals surface area contributed by atoms with Crippen LogP contribution in [0.1, 0.15) is 20.8 Å². The molecule has 10 heteroatoms. The molecule has 0 saturated carbocycles. The largest absolute Gasteiger partial charge is 0.346 e. The number of hydrogen-bond donors (Lipinski definition) is 2. The van der Waals surface area contributed by atoms with Gasteiger partial charge in [0.05, 0.1) is 23.5 Å². The monoisotopic (exact) mass is 426 g/mol. The maximum absolute atomic E-state index is 11.9. The van der Waals surface area contributed by atoms with E-state index >= 15 is 0 Å². The number of carbonyl (C=O) groups is 2. The molecule has 2 aromatic rings. The number of anilines is 1. The van der Waals surface area contributed by atoms with E-state index in [1.807, 2.05) is 39.0 Å². The van der Waals surface area contributed by atoms with Crippen LogP contribution in [-0.4, -0.2) is 44.3 Å². The van der Waals surface area contributed by atoms with Gasteiger partial charge in [-0.3, -0.25) is 9.59 Å². The predicted octanol–water partition coefficient (Wildman–Crippen LogP) is 2.04. The van der Waals surface area contributed by atoms with Gasteiger partial charge in [-0.1, -0.05) is 23.9 Å². The highest BCUT2D eigenvalue weighted by molar-refractivity contribution is 9.10. The number of para-hydroxylation sites is 1. The predicted molar refractivity (Wildman–Crippen MR) is 99.3 cm³/mol. The van der Waals surface area contributed by atoms with Crippen LogP contribution < -0.4 is 10.6 Å². The second-order valence-electron chi connectivity index (χ2n) is 6.14. The number of rotatable bonds is 6. The molecule has 0 saturated heterocycles. The van der Waals surface area contributed by atoms with Crippen molar-refractivity contribution >= 4 is 45.2 Å². The van der Waals surface area contributed by atoms with E-state index in [1.54, 1.807) is 10.7 Å². The molecule has 0 bridgehead atoms. The first kappa shape index (κ1) is 19.4. The molecular formula is C15H19BrN6O2S. The van der Waals surface area contributed by atoms with Crippen LogP contribution in [0.4, 0.5) is 5.69 Å². The van der Waals surface area contributed by atoms with Crippen LogP contribution in [0.15, 0.2) is 33.9 Å². The van der Waals surface area contributed by atoms with Gasteiger partial charge in [-0.2, -0.15) is 0 Å². The van der Waals surface area contributed by atoms with E-state index in [2.05, 4.69) is 42.1 Å². The number of carbonyl (C=O) groups excluding carboxylic acids is 2.